The molecule has 0 aromatic heterocycles. The first-order valence-corrected chi connectivity index (χ1v) is 6.04. The fraction of sp³-hybridized carbons (Fsp3) is 0.385. The third-order valence-electron chi connectivity index (χ3n) is 2.83. The molecule has 0 aliphatic rings. The van der Waals surface area contributed by atoms with Gasteiger partial charge in [-0.15, -0.1) is 0 Å². The topological polar surface area (TPSA) is 55.1 Å². The first-order chi connectivity index (χ1) is 7.95. The Balaban J connectivity index is 2.82. The summed E-state index contributed by atoms with van der Waals surface area (Å²) in [5.74, 6) is -0.132. The van der Waals surface area contributed by atoms with Gasteiger partial charge in [0.2, 0.25) is 0 Å². The lowest BCUT2D eigenvalue weighted by atomic mass is 10.1. The molecule has 3 N–H and O–H groups in total. The second-order valence-corrected chi connectivity index (χ2v) is 4.61. The van der Waals surface area contributed by atoms with Crippen LogP contribution in [0.25, 0.3) is 0 Å². The Morgan fingerprint density at radius 2 is 2.06 bits per heavy atom. The van der Waals surface area contributed by atoms with Gasteiger partial charge in [-0.1, -0.05) is 25.2 Å². The minimum Gasteiger partial charge on any atom is -0.392 e. The molecule has 0 aliphatic heterocycles. The molecule has 0 heterocycles. The Morgan fingerprint density at radius 3 is 2.53 bits per heavy atom. The summed E-state index contributed by atoms with van der Waals surface area (Å²) in [6.45, 7) is 5.93. The van der Waals surface area contributed by atoms with Crippen molar-refractivity contribution in [2.24, 2.45) is 5.73 Å². The van der Waals surface area contributed by atoms with Gasteiger partial charge in [0.25, 0.3) is 5.91 Å². The SMILES string of the molecule is CCC(NC(=O)c1ccc(C)c(C)c1)C(N)=S. The molecule has 0 radical (unpaired) electrons. The van der Waals surface area contributed by atoms with E-state index in [-0.39, 0.29) is 11.9 Å². The molecule has 0 bridgehead atoms. The average molecular weight is 250 g/mol. The number of benzene rings is 1. The quantitative estimate of drug-likeness (QED) is 0.805. The van der Waals surface area contributed by atoms with Crippen LogP contribution in [0.5, 0.6) is 0 Å². The van der Waals surface area contributed by atoms with Gasteiger partial charge in [-0.3, -0.25) is 4.79 Å². The summed E-state index contributed by atoms with van der Waals surface area (Å²) in [7, 11) is 0. The zero-order valence-electron chi connectivity index (χ0n) is 10.4. The number of thiocarbonyl (C=S) groups is 1. The van der Waals surface area contributed by atoms with Gasteiger partial charge in [-0.2, -0.15) is 0 Å². The third kappa shape index (κ3) is 3.53. The number of carbonyl (C=O) groups excluding carboxylic acids is 1. The van der Waals surface area contributed by atoms with Crippen LogP contribution < -0.4 is 11.1 Å². The van der Waals surface area contributed by atoms with Crippen molar-refractivity contribution in [3.63, 3.8) is 0 Å². The van der Waals surface area contributed by atoms with Gasteiger partial charge >= 0.3 is 0 Å². The van der Waals surface area contributed by atoms with E-state index in [0.717, 1.165) is 5.56 Å². The zero-order chi connectivity index (χ0) is 13.0. The summed E-state index contributed by atoms with van der Waals surface area (Å²) < 4.78 is 0. The van der Waals surface area contributed by atoms with Crippen LogP contribution >= 0.6 is 12.2 Å². The lowest BCUT2D eigenvalue weighted by molar-refractivity contribution is 0.0946. The number of aryl methyl sites for hydroxylation is 2. The minimum absolute atomic E-state index is 0.132. The molecule has 3 nitrogen and oxygen atoms in total. The smallest absolute Gasteiger partial charge is 0.251 e. The Kier molecular flexibility index (Phi) is 4.63. The molecule has 0 saturated heterocycles. The molecule has 0 fully saturated rings. The van der Waals surface area contributed by atoms with Crippen molar-refractivity contribution in [1.29, 1.82) is 0 Å². The number of hydrogen-bond donors (Lipinski definition) is 2. The van der Waals surface area contributed by atoms with Crippen LogP contribution in [0.1, 0.15) is 34.8 Å². The number of hydrogen-bond acceptors (Lipinski definition) is 2. The van der Waals surface area contributed by atoms with Crippen molar-refractivity contribution in [3.8, 4) is 0 Å². The van der Waals surface area contributed by atoms with E-state index in [9.17, 15) is 4.79 Å². The lowest BCUT2D eigenvalue weighted by Gasteiger charge is -2.15. The van der Waals surface area contributed by atoms with E-state index in [1.807, 2.05) is 39.0 Å². The van der Waals surface area contributed by atoms with Crippen LogP contribution in [0.15, 0.2) is 18.2 Å². The van der Waals surface area contributed by atoms with Gasteiger partial charge in [-0.05, 0) is 43.5 Å². The van der Waals surface area contributed by atoms with E-state index < -0.39 is 0 Å². The van der Waals surface area contributed by atoms with Crippen molar-refractivity contribution in [2.75, 3.05) is 0 Å². The lowest BCUT2D eigenvalue weighted by Crippen LogP contribution is -2.43. The predicted molar refractivity (Wildman–Crippen MR) is 74.2 cm³/mol. The summed E-state index contributed by atoms with van der Waals surface area (Å²) in [5.41, 5.74) is 8.45. The molecule has 1 rings (SSSR count). The fourth-order valence-electron chi connectivity index (χ4n) is 1.50. The van der Waals surface area contributed by atoms with Gasteiger partial charge in [0.05, 0.1) is 11.0 Å². The maximum Gasteiger partial charge on any atom is 0.251 e. The van der Waals surface area contributed by atoms with Crippen LogP contribution in [0.2, 0.25) is 0 Å². The Hall–Kier alpha value is -1.42. The molecular formula is C13H18N2OS. The van der Waals surface area contributed by atoms with E-state index in [0.29, 0.717) is 17.0 Å². The highest BCUT2D eigenvalue weighted by Crippen LogP contribution is 2.10. The molecule has 1 amide bonds. The molecule has 1 unspecified atom stereocenters. The summed E-state index contributed by atoms with van der Waals surface area (Å²) in [6.07, 6.45) is 0.700. The molecule has 1 atom stereocenters. The fourth-order valence-corrected chi connectivity index (χ4v) is 1.72. The van der Waals surface area contributed by atoms with E-state index >= 15 is 0 Å². The molecule has 0 saturated carbocycles. The first-order valence-electron chi connectivity index (χ1n) is 5.63. The Bertz CT molecular complexity index is 443. The van der Waals surface area contributed by atoms with Crippen molar-refractivity contribution in [2.45, 2.75) is 33.2 Å². The van der Waals surface area contributed by atoms with E-state index in [2.05, 4.69) is 5.32 Å². The average Bonchev–Trinajstić information content (AvgIpc) is 2.28. The van der Waals surface area contributed by atoms with Crippen LogP contribution in [0.3, 0.4) is 0 Å². The van der Waals surface area contributed by atoms with Crippen molar-refractivity contribution >= 4 is 23.1 Å². The van der Waals surface area contributed by atoms with Gasteiger partial charge in [0.1, 0.15) is 0 Å². The van der Waals surface area contributed by atoms with Crippen LogP contribution in [0.4, 0.5) is 0 Å². The van der Waals surface area contributed by atoms with Crippen molar-refractivity contribution < 1.29 is 4.79 Å². The predicted octanol–water partition coefficient (Wildman–Crippen LogP) is 2.10. The number of amides is 1. The van der Waals surface area contributed by atoms with Gasteiger partial charge in [0.15, 0.2) is 0 Å². The highest BCUT2D eigenvalue weighted by atomic mass is 32.1. The monoisotopic (exact) mass is 250 g/mol. The van der Waals surface area contributed by atoms with Gasteiger partial charge in [-0.25, -0.2) is 0 Å². The summed E-state index contributed by atoms with van der Waals surface area (Å²) in [5, 5.41) is 2.82. The highest BCUT2D eigenvalue weighted by Gasteiger charge is 2.14. The van der Waals surface area contributed by atoms with Crippen LogP contribution in [-0.4, -0.2) is 16.9 Å². The molecule has 1 aromatic rings. The summed E-state index contributed by atoms with van der Waals surface area (Å²) >= 11 is 4.89. The largest absolute Gasteiger partial charge is 0.392 e. The van der Waals surface area contributed by atoms with Crippen molar-refractivity contribution in [3.05, 3.63) is 34.9 Å². The first kappa shape index (κ1) is 13.6. The standard InChI is InChI=1S/C13H18N2OS/c1-4-11(12(14)17)15-13(16)10-6-5-8(2)9(3)7-10/h5-7,11H,4H2,1-3H3,(H2,14,17)(H,15,16). The normalized spacial score (nSPS) is 11.9. The van der Waals surface area contributed by atoms with Crippen molar-refractivity contribution in [1.82, 2.24) is 5.32 Å². The number of nitrogens with one attached hydrogen (secondary N) is 1. The summed E-state index contributed by atoms with van der Waals surface area (Å²) in [6, 6.07) is 5.38. The van der Waals surface area contributed by atoms with E-state index in [4.69, 9.17) is 18.0 Å². The van der Waals surface area contributed by atoms with E-state index in [1.165, 1.54) is 5.56 Å². The molecule has 1 aromatic carbocycles. The van der Waals surface area contributed by atoms with Crippen LogP contribution in [0, 0.1) is 13.8 Å². The molecule has 0 spiro atoms. The summed E-state index contributed by atoms with van der Waals surface area (Å²) in [4.78, 5) is 12.3. The van der Waals surface area contributed by atoms with Crippen LogP contribution in [-0.2, 0) is 0 Å². The number of nitrogens with two attached hydrogens (primary N) is 1. The number of carbonyl (C=O) groups is 1. The molecule has 0 aliphatic carbocycles. The maximum absolute atomic E-state index is 12.0. The van der Waals surface area contributed by atoms with Gasteiger partial charge in [0, 0.05) is 5.56 Å². The second kappa shape index (κ2) is 5.77. The molecular weight excluding hydrogens is 232 g/mol. The number of rotatable bonds is 4. The molecule has 17 heavy (non-hydrogen) atoms. The highest BCUT2D eigenvalue weighted by molar-refractivity contribution is 7.80. The van der Waals surface area contributed by atoms with Gasteiger partial charge < -0.3 is 11.1 Å². The zero-order valence-corrected chi connectivity index (χ0v) is 11.2. The second-order valence-electron chi connectivity index (χ2n) is 4.14. The Morgan fingerprint density at radius 1 is 1.41 bits per heavy atom. The molecule has 4 heteroatoms. The Labute approximate surface area is 107 Å². The minimum atomic E-state index is -0.237. The third-order valence-corrected chi connectivity index (χ3v) is 3.11. The van der Waals surface area contributed by atoms with E-state index in [1.54, 1.807) is 0 Å². The molecule has 92 valence electrons. The maximum atomic E-state index is 12.0.